The average Bonchev–Trinajstić information content (AvgIpc) is 3.21. The molecule has 0 bridgehead atoms. The second-order valence-electron chi connectivity index (χ2n) is 7.31. The van der Waals surface area contributed by atoms with Gasteiger partial charge in [0.2, 0.25) is 5.91 Å². The molecule has 2 aromatic carbocycles. The fraction of sp³-hybridized carbons (Fsp3) is 0.174. The summed E-state index contributed by atoms with van der Waals surface area (Å²) in [6, 6.07) is 14.0. The van der Waals surface area contributed by atoms with Crippen LogP contribution in [0.2, 0.25) is 0 Å². The Hall–Kier alpha value is -2.97. The summed E-state index contributed by atoms with van der Waals surface area (Å²) >= 11 is 3.14. The zero-order valence-electron chi connectivity index (χ0n) is 16.4. The summed E-state index contributed by atoms with van der Waals surface area (Å²) in [7, 11) is 0. The van der Waals surface area contributed by atoms with E-state index < -0.39 is 0 Å². The van der Waals surface area contributed by atoms with Crippen molar-refractivity contribution < 1.29 is 9.18 Å². The van der Waals surface area contributed by atoms with E-state index in [1.807, 2.05) is 23.6 Å². The van der Waals surface area contributed by atoms with Gasteiger partial charge in [0.1, 0.15) is 17.2 Å². The SMILES string of the molecule is O=C(Cn1cnc2scc(-c3ccc(F)cc3)c2c1=O)NC1CCSc2ccccc21. The predicted molar refractivity (Wildman–Crippen MR) is 122 cm³/mol. The van der Waals surface area contributed by atoms with E-state index in [4.69, 9.17) is 0 Å². The summed E-state index contributed by atoms with van der Waals surface area (Å²) in [6.45, 7) is -0.105. The van der Waals surface area contributed by atoms with Crippen molar-refractivity contribution in [3.05, 3.63) is 82.0 Å². The molecule has 0 spiro atoms. The van der Waals surface area contributed by atoms with E-state index in [1.165, 1.54) is 39.3 Å². The van der Waals surface area contributed by atoms with Crippen LogP contribution >= 0.6 is 23.1 Å². The Kier molecular flexibility index (Phi) is 5.33. The maximum absolute atomic E-state index is 13.3. The van der Waals surface area contributed by atoms with Crippen molar-refractivity contribution in [2.45, 2.75) is 23.9 Å². The molecule has 1 aliphatic heterocycles. The number of halogens is 1. The van der Waals surface area contributed by atoms with Crippen molar-refractivity contribution in [1.82, 2.24) is 14.9 Å². The highest BCUT2D eigenvalue weighted by Crippen LogP contribution is 2.35. The Labute approximate surface area is 185 Å². The number of amides is 1. The van der Waals surface area contributed by atoms with Gasteiger partial charge in [0, 0.05) is 21.6 Å². The zero-order chi connectivity index (χ0) is 21.4. The van der Waals surface area contributed by atoms with Crippen LogP contribution in [-0.4, -0.2) is 21.2 Å². The molecule has 1 aliphatic rings. The Morgan fingerprint density at radius 2 is 2.00 bits per heavy atom. The Bertz CT molecular complexity index is 1330. The Balaban J connectivity index is 1.42. The molecule has 3 heterocycles. The summed E-state index contributed by atoms with van der Waals surface area (Å²) in [5.41, 5.74) is 2.28. The number of hydrogen-bond donors (Lipinski definition) is 1. The molecule has 1 N–H and O–H groups in total. The van der Waals surface area contributed by atoms with Gasteiger partial charge in [-0.25, -0.2) is 9.37 Å². The van der Waals surface area contributed by atoms with Crippen molar-refractivity contribution in [3.63, 3.8) is 0 Å². The van der Waals surface area contributed by atoms with E-state index >= 15 is 0 Å². The van der Waals surface area contributed by atoms with Crippen LogP contribution in [0.5, 0.6) is 0 Å². The predicted octanol–water partition coefficient (Wildman–Crippen LogP) is 4.62. The number of fused-ring (bicyclic) bond motifs is 2. The van der Waals surface area contributed by atoms with Gasteiger partial charge in [0.15, 0.2) is 0 Å². The van der Waals surface area contributed by atoms with E-state index in [9.17, 15) is 14.0 Å². The van der Waals surface area contributed by atoms with Gasteiger partial charge in [-0.05, 0) is 35.7 Å². The number of thiophene rings is 1. The van der Waals surface area contributed by atoms with Gasteiger partial charge in [-0.2, -0.15) is 0 Å². The monoisotopic (exact) mass is 451 g/mol. The molecule has 2 aromatic heterocycles. The summed E-state index contributed by atoms with van der Waals surface area (Å²) in [5, 5.41) is 5.36. The standard InChI is InChI=1S/C23H18FN3O2S2/c24-15-7-5-14(6-8-15)17-12-31-22-21(17)23(29)27(13-25-22)11-20(28)26-18-9-10-30-19-4-2-1-3-16(18)19/h1-8,12-13,18H,9-11H2,(H,26,28). The fourth-order valence-electron chi connectivity index (χ4n) is 3.81. The van der Waals surface area contributed by atoms with Crippen LogP contribution in [0, 0.1) is 5.82 Å². The molecule has 156 valence electrons. The molecule has 1 unspecified atom stereocenters. The summed E-state index contributed by atoms with van der Waals surface area (Å²) in [6.07, 6.45) is 2.26. The van der Waals surface area contributed by atoms with Crippen LogP contribution in [-0.2, 0) is 11.3 Å². The first-order chi connectivity index (χ1) is 15.1. The van der Waals surface area contributed by atoms with Crippen molar-refractivity contribution in [1.29, 1.82) is 0 Å². The minimum absolute atomic E-state index is 0.0618. The molecular formula is C23H18FN3O2S2. The first-order valence-electron chi connectivity index (χ1n) is 9.84. The van der Waals surface area contributed by atoms with Crippen LogP contribution in [0.15, 0.2) is 69.9 Å². The topological polar surface area (TPSA) is 64.0 Å². The van der Waals surface area contributed by atoms with Crippen LogP contribution in [0.1, 0.15) is 18.0 Å². The highest BCUT2D eigenvalue weighted by Gasteiger charge is 2.22. The lowest BCUT2D eigenvalue weighted by Gasteiger charge is -2.26. The minimum Gasteiger partial charge on any atom is -0.348 e. The second-order valence-corrected chi connectivity index (χ2v) is 9.30. The number of aromatic nitrogens is 2. The number of carbonyl (C=O) groups excluding carboxylic acids is 1. The average molecular weight is 452 g/mol. The van der Waals surface area contributed by atoms with E-state index in [0.29, 0.717) is 15.8 Å². The molecule has 0 fully saturated rings. The molecule has 5 nitrogen and oxygen atoms in total. The molecular weight excluding hydrogens is 433 g/mol. The van der Waals surface area contributed by atoms with Gasteiger partial charge in [-0.15, -0.1) is 23.1 Å². The Morgan fingerprint density at radius 3 is 2.84 bits per heavy atom. The van der Waals surface area contributed by atoms with Gasteiger partial charge in [-0.3, -0.25) is 14.2 Å². The summed E-state index contributed by atoms with van der Waals surface area (Å²) in [5.74, 6) is 0.373. The number of benzene rings is 2. The number of thioether (sulfide) groups is 1. The van der Waals surface area contributed by atoms with Crippen LogP contribution < -0.4 is 10.9 Å². The van der Waals surface area contributed by atoms with E-state index in [2.05, 4.69) is 16.4 Å². The molecule has 1 atom stereocenters. The normalized spacial score (nSPS) is 15.6. The van der Waals surface area contributed by atoms with Crippen molar-refractivity contribution in [3.8, 4) is 11.1 Å². The van der Waals surface area contributed by atoms with Crippen LogP contribution in [0.4, 0.5) is 4.39 Å². The third-order valence-corrected chi connectivity index (χ3v) is 7.33. The van der Waals surface area contributed by atoms with Gasteiger partial charge in [0.05, 0.1) is 17.8 Å². The molecule has 1 amide bonds. The quantitative estimate of drug-likeness (QED) is 0.492. The zero-order valence-corrected chi connectivity index (χ0v) is 18.0. The van der Waals surface area contributed by atoms with Crippen LogP contribution in [0.3, 0.4) is 0 Å². The van der Waals surface area contributed by atoms with Crippen molar-refractivity contribution in [2.75, 3.05) is 5.75 Å². The molecule has 0 aliphatic carbocycles. The largest absolute Gasteiger partial charge is 0.348 e. The number of nitrogens with one attached hydrogen (secondary N) is 1. The number of nitrogens with zero attached hydrogens (tertiary/aromatic N) is 2. The van der Waals surface area contributed by atoms with Crippen molar-refractivity contribution >= 4 is 39.2 Å². The molecule has 0 saturated carbocycles. The third kappa shape index (κ3) is 3.88. The second kappa shape index (κ2) is 8.28. The molecule has 31 heavy (non-hydrogen) atoms. The lowest BCUT2D eigenvalue weighted by Crippen LogP contribution is -2.35. The molecule has 8 heteroatoms. The lowest BCUT2D eigenvalue weighted by atomic mass is 10.0. The van der Waals surface area contributed by atoms with Gasteiger partial charge in [-0.1, -0.05) is 30.3 Å². The van der Waals surface area contributed by atoms with Gasteiger partial charge < -0.3 is 5.32 Å². The molecule has 4 aromatic rings. The van der Waals surface area contributed by atoms with Crippen LogP contribution in [0.25, 0.3) is 21.3 Å². The van der Waals surface area contributed by atoms with E-state index in [1.54, 1.807) is 23.9 Å². The summed E-state index contributed by atoms with van der Waals surface area (Å²) < 4.78 is 14.6. The van der Waals surface area contributed by atoms with Crippen molar-refractivity contribution in [2.24, 2.45) is 0 Å². The first kappa shape index (κ1) is 20.0. The molecule has 0 saturated heterocycles. The number of carbonyl (C=O) groups is 1. The molecule has 0 radical (unpaired) electrons. The molecule has 5 rings (SSSR count). The van der Waals surface area contributed by atoms with E-state index in [0.717, 1.165) is 23.3 Å². The maximum Gasteiger partial charge on any atom is 0.263 e. The third-order valence-electron chi connectivity index (χ3n) is 5.32. The highest BCUT2D eigenvalue weighted by atomic mass is 32.2. The maximum atomic E-state index is 13.3. The fourth-order valence-corrected chi connectivity index (χ4v) is 5.84. The first-order valence-corrected chi connectivity index (χ1v) is 11.7. The Morgan fingerprint density at radius 1 is 1.19 bits per heavy atom. The van der Waals surface area contributed by atoms with Gasteiger partial charge >= 0.3 is 0 Å². The van der Waals surface area contributed by atoms with E-state index in [-0.39, 0.29) is 29.9 Å². The van der Waals surface area contributed by atoms with Gasteiger partial charge in [0.25, 0.3) is 5.56 Å². The number of hydrogen-bond acceptors (Lipinski definition) is 5. The smallest absolute Gasteiger partial charge is 0.263 e. The minimum atomic E-state index is -0.335. The lowest BCUT2D eigenvalue weighted by molar-refractivity contribution is -0.122. The number of rotatable bonds is 4. The highest BCUT2D eigenvalue weighted by molar-refractivity contribution is 7.99. The summed E-state index contributed by atoms with van der Waals surface area (Å²) in [4.78, 5) is 32.1.